The molecule has 0 aromatic carbocycles. The summed E-state index contributed by atoms with van der Waals surface area (Å²) < 4.78 is 26.2. The molecule has 0 fully saturated rings. The average molecular weight is 307 g/mol. The van der Waals surface area contributed by atoms with E-state index in [-0.39, 0.29) is 21.8 Å². The van der Waals surface area contributed by atoms with Crippen LogP contribution in [-0.4, -0.2) is 30.8 Å². The number of nitrogens with one attached hydrogen (secondary N) is 1. The molecular weight excluding hydrogens is 288 g/mol. The lowest BCUT2D eigenvalue weighted by atomic mass is 10.2. The maximum Gasteiger partial charge on any atom is 0.244 e. The number of hydrogen-bond donors (Lipinski definition) is 2. The van der Waals surface area contributed by atoms with Gasteiger partial charge in [-0.2, -0.15) is 4.31 Å². The van der Waals surface area contributed by atoms with Crippen molar-refractivity contribution < 1.29 is 8.42 Å². The zero-order chi connectivity index (χ0) is 14.6. The van der Waals surface area contributed by atoms with Crippen LogP contribution >= 0.6 is 11.6 Å². The van der Waals surface area contributed by atoms with Gasteiger partial charge in [-0.25, -0.2) is 19.2 Å². The molecule has 0 aliphatic carbocycles. The molecule has 0 amide bonds. The van der Waals surface area contributed by atoms with Crippen LogP contribution < -0.4 is 11.3 Å². The zero-order valence-electron chi connectivity index (χ0n) is 11.2. The third-order valence-corrected chi connectivity index (χ3v) is 5.25. The van der Waals surface area contributed by atoms with Gasteiger partial charge in [0.05, 0.1) is 5.02 Å². The molecule has 1 heterocycles. The van der Waals surface area contributed by atoms with E-state index in [0.717, 1.165) is 12.8 Å². The van der Waals surface area contributed by atoms with E-state index in [4.69, 9.17) is 17.4 Å². The van der Waals surface area contributed by atoms with Crippen LogP contribution in [0.1, 0.15) is 26.7 Å². The van der Waals surface area contributed by atoms with Crippen LogP contribution in [-0.2, 0) is 10.0 Å². The molecule has 3 N–H and O–H groups in total. The first kappa shape index (κ1) is 16.2. The van der Waals surface area contributed by atoms with Crippen molar-refractivity contribution in [1.29, 1.82) is 0 Å². The fourth-order valence-electron chi connectivity index (χ4n) is 1.83. The first-order valence-corrected chi connectivity index (χ1v) is 7.80. The lowest BCUT2D eigenvalue weighted by Crippen LogP contribution is -2.36. The van der Waals surface area contributed by atoms with Crippen LogP contribution in [0.5, 0.6) is 0 Å². The Kier molecular flexibility index (Phi) is 5.54. The number of nitrogens with zero attached hydrogens (tertiary/aromatic N) is 2. The molecule has 1 aromatic rings. The molecule has 19 heavy (non-hydrogen) atoms. The average Bonchev–Trinajstić information content (AvgIpc) is 2.39. The van der Waals surface area contributed by atoms with Crippen molar-refractivity contribution in [3.8, 4) is 0 Å². The number of nitrogens with two attached hydrogens (primary N) is 1. The Hall–Kier alpha value is -0.890. The number of halogens is 1. The van der Waals surface area contributed by atoms with E-state index in [9.17, 15) is 8.42 Å². The van der Waals surface area contributed by atoms with Crippen LogP contribution in [0, 0.1) is 0 Å². The highest BCUT2D eigenvalue weighted by Gasteiger charge is 2.26. The summed E-state index contributed by atoms with van der Waals surface area (Å²) in [5, 5.41) is 0.168. The Morgan fingerprint density at radius 2 is 2.05 bits per heavy atom. The second-order valence-electron chi connectivity index (χ2n) is 4.14. The fourth-order valence-corrected chi connectivity index (χ4v) is 3.59. The Bertz CT molecular complexity index is 531. The quantitative estimate of drug-likeness (QED) is 0.618. The Morgan fingerprint density at radius 1 is 1.47 bits per heavy atom. The van der Waals surface area contributed by atoms with Crippen molar-refractivity contribution in [2.45, 2.75) is 37.6 Å². The molecule has 0 unspecified atom stereocenters. The SMILES string of the molecule is CCC(CC)N(C)S(=O)(=O)c1cnc(NN)c(Cl)c1. The topological polar surface area (TPSA) is 88.3 Å². The van der Waals surface area contributed by atoms with E-state index in [1.165, 1.54) is 16.6 Å². The lowest BCUT2D eigenvalue weighted by Gasteiger charge is -2.25. The molecule has 0 aliphatic heterocycles. The molecular formula is C11H19ClN4O2S. The van der Waals surface area contributed by atoms with E-state index in [1.54, 1.807) is 7.05 Å². The molecule has 0 aliphatic rings. The largest absolute Gasteiger partial charge is 0.307 e. The van der Waals surface area contributed by atoms with Gasteiger partial charge in [0.25, 0.3) is 0 Å². The summed E-state index contributed by atoms with van der Waals surface area (Å²) in [5.41, 5.74) is 2.30. The van der Waals surface area contributed by atoms with Gasteiger partial charge in [-0.15, -0.1) is 0 Å². The standard InChI is InChI=1S/C11H19ClN4O2S/c1-4-8(5-2)16(3)19(17,18)9-6-10(12)11(15-13)14-7-9/h6-8H,4-5,13H2,1-3H3,(H,14,15). The summed E-state index contributed by atoms with van der Waals surface area (Å²) in [7, 11) is -2.03. The fraction of sp³-hybridized carbons (Fsp3) is 0.545. The lowest BCUT2D eigenvalue weighted by molar-refractivity contribution is 0.349. The van der Waals surface area contributed by atoms with Crippen LogP contribution in [0.3, 0.4) is 0 Å². The highest BCUT2D eigenvalue weighted by atomic mass is 35.5. The molecule has 6 nitrogen and oxygen atoms in total. The van der Waals surface area contributed by atoms with Crippen LogP contribution in [0.15, 0.2) is 17.2 Å². The highest BCUT2D eigenvalue weighted by Crippen LogP contribution is 2.25. The predicted molar refractivity (Wildman–Crippen MR) is 76.4 cm³/mol. The van der Waals surface area contributed by atoms with Crippen molar-refractivity contribution in [1.82, 2.24) is 9.29 Å². The van der Waals surface area contributed by atoms with Gasteiger partial charge < -0.3 is 5.43 Å². The van der Waals surface area contributed by atoms with E-state index >= 15 is 0 Å². The smallest absolute Gasteiger partial charge is 0.244 e. The predicted octanol–water partition coefficient (Wildman–Crippen LogP) is 1.83. The number of rotatable bonds is 6. The van der Waals surface area contributed by atoms with Gasteiger partial charge in [0.1, 0.15) is 4.90 Å². The molecule has 0 atom stereocenters. The van der Waals surface area contributed by atoms with Crippen molar-refractivity contribution in [3.05, 3.63) is 17.3 Å². The van der Waals surface area contributed by atoms with Crippen molar-refractivity contribution in [2.24, 2.45) is 5.84 Å². The van der Waals surface area contributed by atoms with Gasteiger partial charge in [-0.05, 0) is 18.9 Å². The number of pyridine rings is 1. The minimum Gasteiger partial charge on any atom is -0.307 e. The zero-order valence-corrected chi connectivity index (χ0v) is 12.8. The number of nitrogen functional groups attached to an aromatic ring is 1. The van der Waals surface area contributed by atoms with Crippen molar-refractivity contribution >= 4 is 27.4 Å². The highest BCUT2D eigenvalue weighted by molar-refractivity contribution is 7.89. The Balaban J connectivity index is 3.16. The van der Waals surface area contributed by atoms with E-state index in [1.807, 2.05) is 13.8 Å². The van der Waals surface area contributed by atoms with Gasteiger partial charge in [0.2, 0.25) is 10.0 Å². The van der Waals surface area contributed by atoms with Crippen molar-refractivity contribution in [3.63, 3.8) is 0 Å². The molecule has 0 saturated carbocycles. The summed E-state index contributed by atoms with van der Waals surface area (Å²) in [4.78, 5) is 3.94. The minimum atomic E-state index is -3.59. The summed E-state index contributed by atoms with van der Waals surface area (Å²) in [6, 6.07) is 1.30. The van der Waals surface area contributed by atoms with Crippen LogP contribution in [0.4, 0.5) is 5.82 Å². The normalized spacial score (nSPS) is 12.2. The van der Waals surface area contributed by atoms with E-state index in [2.05, 4.69) is 10.4 Å². The van der Waals surface area contributed by atoms with E-state index in [0.29, 0.717) is 0 Å². The van der Waals surface area contributed by atoms with Gasteiger partial charge in [-0.1, -0.05) is 25.4 Å². The van der Waals surface area contributed by atoms with Crippen LogP contribution in [0.2, 0.25) is 5.02 Å². The maximum absolute atomic E-state index is 12.4. The minimum absolute atomic E-state index is 0.0453. The van der Waals surface area contributed by atoms with Gasteiger partial charge >= 0.3 is 0 Å². The van der Waals surface area contributed by atoms with E-state index < -0.39 is 10.0 Å². The first-order valence-electron chi connectivity index (χ1n) is 5.98. The number of anilines is 1. The molecule has 1 rings (SSSR count). The molecule has 0 bridgehead atoms. The summed E-state index contributed by atoms with van der Waals surface area (Å²) in [6.07, 6.45) is 2.74. The molecule has 0 radical (unpaired) electrons. The third-order valence-electron chi connectivity index (χ3n) is 3.09. The second kappa shape index (κ2) is 6.51. The Morgan fingerprint density at radius 3 is 2.47 bits per heavy atom. The molecule has 1 aromatic heterocycles. The van der Waals surface area contributed by atoms with Crippen molar-refractivity contribution in [2.75, 3.05) is 12.5 Å². The monoisotopic (exact) mass is 306 g/mol. The number of aromatic nitrogens is 1. The molecule has 8 heteroatoms. The van der Waals surface area contributed by atoms with Gasteiger partial charge in [-0.3, -0.25) is 0 Å². The molecule has 0 saturated heterocycles. The maximum atomic E-state index is 12.4. The molecule has 108 valence electrons. The number of hydrazine groups is 1. The number of sulfonamides is 1. The summed E-state index contributed by atoms with van der Waals surface area (Å²) >= 11 is 5.90. The third kappa shape index (κ3) is 3.36. The second-order valence-corrected chi connectivity index (χ2v) is 6.54. The summed E-state index contributed by atoms with van der Waals surface area (Å²) in [5.74, 6) is 5.45. The van der Waals surface area contributed by atoms with Gasteiger partial charge in [0.15, 0.2) is 5.82 Å². The van der Waals surface area contributed by atoms with Crippen LogP contribution in [0.25, 0.3) is 0 Å². The first-order chi connectivity index (χ1) is 8.88. The van der Waals surface area contributed by atoms with Gasteiger partial charge in [0, 0.05) is 19.3 Å². The number of hydrogen-bond acceptors (Lipinski definition) is 5. The Labute approximate surface area is 119 Å². The molecule has 0 spiro atoms. The summed E-state index contributed by atoms with van der Waals surface area (Å²) in [6.45, 7) is 3.90.